The van der Waals surface area contributed by atoms with Crippen molar-refractivity contribution in [3.8, 4) is 0 Å². The summed E-state index contributed by atoms with van der Waals surface area (Å²) in [4.78, 5) is 13.6. The molecule has 0 saturated carbocycles. The SMILES string of the molecule is CCC(C)(C=O)CN1CCSC(C)C1C. The van der Waals surface area contributed by atoms with E-state index in [0.29, 0.717) is 11.3 Å². The van der Waals surface area contributed by atoms with Gasteiger partial charge in [0, 0.05) is 35.5 Å². The van der Waals surface area contributed by atoms with E-state index in [9.17, 15) is 4.79 Å². The minimum absolute atomic E-state index is 0.157. The summed E-state index contributed by atoms with van der Waals surface area (Å²) in [5.41, 5.74) is -0.157. The molecule has 3 atom stereocenters. The molecule has 15 heavy (non-hydrogen) atoms. The van der Waals surface area contributed by atoms with Crippen LogP contribution in [0, 0.1) is 5.41 Å². The fourth-order valence-corrected chi connectivity index (χ4v) is 3.08. The van der Waals surface area contributed by atoms with Crippen LogP contribution in [0.5, 0.6) is 0 Å². The summed E-state index contributed by atoms with van der Waals surface area (Å²) < 4.78 is 0. The molecule has 2 nitrogen and oxygen atoms in total. The number of rotatable bonds is 4. The van der Waals surface area contributed by atoms with Crippen molar-refractivity contribution in [3.63, 3.8) is 0 Å². The zero-order valence-corrected chi connectivity index (χ0v) is 11.1. The number of nitrogens with zero attached hydrogens (tertiary/aromatic N) is 1. The van der Waals surface area contributed by atoms with Crippen LogP contribution in [0.4, 0.5) is 0 Å². The second kappa shape index (κ2) is 5.35. The third kappa shape index (κ3) is 3.22. The molecule has 1 saturated heterocycles. The molecule has 0 aliphatic carbocycles. The van der Waals surface area contributed by atoms with E-state index >= 15 is 0 Å². The minimum Gasteiger partial charge on any atom is -0.303 e. The van der Waals surface area contributed by atoms with Crippen molar-refractivity contribution in [2.45, 2.75) is 45.4 Å². The molecule has 0 aromatic heterocycles. The van der Waals surface area contributed by atoms with Gasteiger partial charge in [0.05, 0.1) is 0 Å². The molecule has 3 unspecified atom stereocenters. The first-order valence-electron chi connectivity index (χ1n) is 5.84. The standard InChI is InChI=1S/C12H23NOS/c1-5-12(4,9-14)8-13-6-7-15-11(3)10(13)2/h9-11H,5-8H2,1-4H3. The monoisotopic (exact) mass is 229 g/mol. The summed E-state index contributed by atoms with van der Waals surface area (Å²) >= 11 is 2.04. The van der Waals surface area contributed by atoms with E-state index in [1.54, 1.807) is 0 Å². The van der Waals surface area contributed by atoms with E-state index in [0.717, 1.165) is 25.8 Å². The minimum atomic E-state index is -0.157. The molecule has 1 rings (SSSR count). The summed E-state index contributed by atoms with van der Waals surface area (Å²) in [6, 6.07) is 0.592. The molecule has 0 amide bonds. The maximum Gasteiger partial charge on any atom is 0.127 e. The van der Waals surface area contributed by atoms with Gasteiger partial charge < -0.3 is 4.79 Å². The van der Waals surface area contributed by atoms with E-state index in [4.69, 9.17) is 0 Å². The van der Waals surface area contributed by atoms with E-state index < -0.39 is 0 Å². The van der Waals surface area contributed by atoms with Gasteiger partial charge in [-0.2, -0.15) is 11.8 Å². The topological polar surface area (TPSA) is 20.3 Å². The zero-order chi connectivity index (χ0) is 11.5. The summed E-state index contributed by atoms with van der Waals surface area (Å²) in [7, 11) is 0. The average Bonchev–Trinajstić information content (AvgIpc) is 2.25. The van der Waals surface area contributed by atoms with Gasteiger partial charge in [0.1, 0.15) is 6.29 Å². The molecule has 1 heterocycles. The first-order valence-corrected chi connectivity index (χ1v) is 6.89. The van der Waals surface area contributed by atoms with Gasteiger partial charge in [0.2, 0.25) is 0 Å². The lowest BCUT2D eigenvalue weighted by atomic mass is 9.88. The highest BCUT2D eigenvalue weighted by atomic mass is 32.2. The number of carbonyl (C=O) groups is 1. The molecular formula is C12H23NOS. The first-order chi connectivity index (χ1) is 7.02. The first kappa shape index (κ1) is 13.0. The van der Waals surface area contributed by atoms with Gasteiger partial charge in [-0.1, -0.05) is 20.8 Å². The van der Waals surface area contributed by atoms with Crippen LogP contribution in [0.25, 0.3) is 0 Å². The molecule has 1 aliphatic rings. The van der Waals surface area contributed by atoms with Gasteiger partial charge in [-0.05, 0) is 13.3 Å². The second-order valence-corrected chi connectivity index (χ2v) is 6.40. The Kier molecular flexibility index (Phi) is 4.65. The fourth-order valence-electron chi connectivity index (χ4n) is 1.92. The second-order valence-electron chi connectivity index (χ2n) is 4.91. The molecular weight excluding hydrogens is 206 g/mol. The molecule has 0 aromatic rings. The molecule has 0 bridgehead atoms. The maximum atomic E-state index is 11.1. The lowest BCUT2D eigenvalue weighted by molar-refractivity contribution is -0.116. The van der Waals surface area contributed by atoms with Gasteiger partial charge >= 0.3 is 0 Å². The van der Waals surface area contributed by atoms with Crippen LogP contribution in [0.3, 0.4) is 0 Å². The van der Waals surface area contributed by atoms with Crippen LogP contribution in [-0.4, -0.2) is 41.3 Å². The number of carbonyl (C=O) groups excluding carboxylic acids is 1. The third-order valence-corrected chi connectivity index (χ3v) is 5.01. The molecule has 0 radical (unpaired) electrons. The molecule has 0 N–H and O–H groups in total. The van der Waals surface area contributed by atoms with Gasteiger partial charge in [-0.3, -0.25) is 4.90 Å². The van der Waals surface area contributed by atoms with Crippen molar-refractivity contribution in [1.29, 1.82) is 0 Å². The van der Waals surface area contributed by atoms with E-state index in [1.165, 1.54) is 5.75 Å². The molecule has 1 aliphatic heterocycles. The molecule has 0 aromatic carbocycles. The quantitative estimate of drug-likeness (QED) is 0.691. The highest BCUT2D eigenvalue weighted by molar-refractivity contribution is 8.00. The molecule has 88 valence electrons. The van der Waals surface area contributed by atoms with Crippen molar-refractivity contribution in [1.82, 2.24) is 4.90 Å². The van der Waals surface area contributed by atoms with Crippen LogP contribution >= 0.6 is 11.8 Å². The smallest absolute Gasteiger partial charge is 0.127 e. The molecule has 1 fully saturated rings. The van der Waals surface area contributed by atoms with Crippen LogP contribution in [0.15, 0.2) is 0 Å². The zero-order valence-electron chi connectivity index (χ0n) is 10.3. The van der Waals surface area contributed by atoms with E-state index in [1.807, 2.05) is 11.8 Å². The van der Waals surface area contributed by atoms with Gasteiger partial charge in [-0.15, -0.1) is 0 Å². The van der Waals surface area contributed by atoms with Crippen LogP contribution in [-0.2, 0) is 4.79 Å². The number of hydrogen-bond acceptors (Lipinski definition) is 3. The van der Waals surface area contributed by atoms with Gasteiger partial charge in [0.15, 0.2) is 0 Å². The maximum absolute atomic E-state index is 11.1. The van der Waals surface area contributed by atoms with E-state index in [2.05, 4.69) is 32.6 Å². The highest BCUT2D eigenvalue weighted by Crippen LogP contribution is 2.28. The van der Waals surface area contributed by atoms with Crippen molar-refractivity contribution in [2.75, 3.05) is 18.8 Å². The Hall–Kier alpha value is -0.0200. The fraction of sp³-hybridized carbons (Fsp3) is 0.917. The summed E-state index contributed by atoms with van der Waals surface area (Å²) in [6.45, 7) is 10.8. The normalized spacial score (nSPS) is 32.3. The molecule has 3 heteroatoms. The number of aldehydes is 1. The Balaban J connectivity index is 2.59. The van der Waals surface area contributed by atoms with Gasteiger partial charge in [-0.25, -0.2) is 0 Å². The van der Waals surface area contributed by atoms with Crippen molar-refractivity contribution in [2.24, 2.45) is 5.41 Å². The summed E-state index contributed by atoms with van der Waals surface area (Å²) in [5, 5.41) is 0.687. The third-order valence-electron chi connectivity index (χ3n) is 3.67. The van der Waals surface area contributed by atoms with Crippen molar-refractivity contribution < 1.29 is 4.79 Å². The highest BCUT2D eigenvalue weighted by Gasteiger charge is 2.31. The Bertz CT molecular complexity index is 222. The Morgan fingerprint density at radius 3 is 2.73 bits per heavy atom. The van der Waals surface area contributed by atoms with E-state index in [-0.39, 0.29) is 5.41 Å². The molecule has 0 spiro atoms. The number of thioether (sulfide) groups is 1. The van der Waals surface area contributed by atoms with Crippen LogP contribution in [0.1, 0.15) is 34.1 Å². The van der Waals surface area contributed by atoms with Crippen molar-refractivity contribution in [3.05, 3.63) is 0 Å². The van der Waals surface area contributed by atoms with Crippen LogP contribution in [0.2, 0.25) is 0 Å². The summed E-state index contributed by atoms with van der Waals surface area (Å²) in [6.07, 6.45) is 2.06. The lowest BCUT2D eigenvalue weighted by Crippen LogP contribution is -2.49. The Labute approximate surface area is 97.8 Å². The number of hydrogen-bond donors (Lipinski definition) is 0. The lowest BCUT2D eigenvalue weighted by Gasteiger charge is -2.41. The largest absolute Gasteiger partial charge is 0.303 e. The average molecular weight is 229 g/mol. The van der Waals surface area contributed by atoms with Gasteiger partial charge in [0.25, 0.3) is 0 Å². The Morgan fingerprint density at radius 1 is 1.53 bits per heavy atom. The van der Waals surface area contributed by atoms with Crippen molar-refractivity contribution >= 4 is 18.0 Å². The Morgan fingerprint density at radius 2 is 2.20 bits per heavy atom. The summed E-state index contributed by atoms with van der Waals surface area (Å²) in [5.74, 6) is 1.20. The predicted molar refractivity (Wildman–Crippen MR) is 67.4 cm³/mol. The van der Waals surface area contributed by atoms with Crippen LogP contribution < -0.4 is 0 Å². The predicted octanol–water partition coefficient (Wildman–Crippen LogP) is 2.43.